The van der Waals surface area contributed by atoms with Gasteiger partial charge < -0.3 is 9.42 Å². The topological polar surface area (TPSA) is 89.4 Å². The molecule has 2 aliphatic rings. The Kier molecular flexibility index (Phi) is 4.33. The van der Waals surface area contributed by atoms with Crippen LogP contribution in [0.5, 0.6) is 0 Å². The van der Waals surface area contributed by atoms with Gasteiger partial charge in [0.15, 0.2) is 11.5 Å². The lowest BCUT2D eigenvalue weighted by molar-refractivity contribution is -0.131. The molecule has 0 unspecified atom stereocenters. The summed E-state index contributed by atoms with van der Waals surface area (Å²) in [5, 5.41) is 12.5. The van der Waals surface area contributed by atoms with E-state index >= 15 is 0 Å². The van der Waals surface area contributed by atoms with Gasteiger partial charge in [0, 0.05) is 30.8 Å². The largest absolute Gasteiger partial charge is 0.342 e. The first-order valence-electron chi connectivity index (χ1n) is 10.1. The van der Waals surface area contributed by atoms with Gasteiger partial charge >= 0.3 is 0 Å². The van der Waals surface area contributed by atoms with E-state index in [1.54, 1.807) is 0 Å². The molecule has 0 N–H and O–H groups in total. The van der Waals surface area contributed by atoms with E-state index in [-0.39, 0.29) is 12.3 Å². The van der Waals surface area contributed by atoms with Gasteiger partial charge in [-0.25, -0.2) is 0 Å². The van der Waals surface area contributed by atoms with Crippen LogP contribution in [-0.2, 0) is 11.2 Å². The fraction of sp³-hybridized carbons (Fsp3) is 0.550. The van der Waals surface area contributed by atoms with Crippen molar-refractivity contribution in [2.24, 2.45) is 0 Å². The Bertz CT molecular complexity index is 999. The molecule has 0 atom stereocenters. The number of likely N-dealkylation sites (N-methyl/N-ethyl adjacent to an activating group) is 1. The predicted molar refractivity (Wildman–Crippen MR) is 102 cm³/mol. The fourth-order valence-corrected chi connectivity index (χ4v) is 3.99. The molecule has 0 bridgehead atoms. The zero-order valence-corrected chi connectivity index (χ0v) is 16.0. The van der Waals surface area contributed by atoms with Gasteiger partial charge in [-0.2, -0.15) is 4.98 Å². The van der Waals surface area contributed by atoms with Crippen molar-refractivity contribution in [3.63, 3.8) is 0 Å². The molecule has 2 saturated carbocycles. The van der Waals surface area contributed by atoms with Gasteiger partial charge in [0.25, 0.3) is 5.89 Å². The summed E-state index contributed by atoms with van der Waals surface area (Å²) < 4.78 is 7.25. The van der Waals surface area contributed by atoms with Crippen molar-refractivity contribution >= 4 is 11.6 Å². The van der Waals surface area contributed by atoms with E-state index in [1.165, 1.54) is 19.3 Å². The number of hydrogen-bond acceptors (Lipinski definition) is 6. The Hall–Kier alpha value is -2.77. The number of carbonyl (C=O) groups is 1. The highest BCUT2D eigenvalue weighted by atomic mass is 16.5. The van der Waals surface area contributed by atoms with Crippen molar-refractivity contribution < 1.29 is 9.32 Å². The summed E-state index contributed by atoms with van der Waals surface area (Å²) in [5.74, 6) is 2.48. The molecule has 146 valence electrons. The number of aromatic nitrogens is 5. The number of hydrogen-bond donors (Lipinski definition) is 0. The molecule has 0 radical (unpaired) electrons. The number of carbonyl (C=O) groups excluding carboxylic acids is 1. The summed E-state index contributed by atoms with van der Waals surface area (Å²) in [6.45, 7) is 0. The molecular weight excluding hydrogens is 356 g/mol. The van der Waals surface area contributed by atoms with Crippen molar-refractivity contribution in [1.82, 2.24) is 29.6 Å². The molecule has 0 saturated heterocycles. The van der Waals surface area contributed by atoms with Crippen LogP contribution in [0.15, 0.2) is 22.9 Å². The SMILES string of the molecule is CN(C(=O)Cc1nnc2cc(-c3nc(C4CC4)no3)ccn12)C1CCCCC1. The zero-order valence-electron chi connectivity index (χ0n) is 16.0. The average molecular weight is 380 g/mol. The minimum absolute atomic E-state index is 0.0938. The molecule has 0 aliphatic heterocycles. The molecule has 3 heterocycles. The summed E-state index contributed by atoms with van der Waals surface area (Å²) in [4.78, 5) is 19.1. The fourth-order valence-electron chi connectivity index (χ4n) is 3.99. The van der Waals surface area contributed by atoms with Crippen LogP contribution in [0.25, 0.3) is 17.1 Å². The molecule has 2 aliphatic carbocycles. The quantitative estimate of drug-likeness (QED) is 0.676. The van der Waals surface area contributed by atoms with E-state index in [1.807, 2.05) is 34.7 Å². The van der Waals surface area contributed by atoms with Crippen molar-refractivity contribution in [2.75, 3.05) is 7.05 Å². The van der Waals surface area contributed by atoms with Crippen LogP contribution in [0.1, 0.15) is 62.5 Å². The maximum atomic E-state index is 12.7. The molecule has 28 heavy (non-hydrogen) atoms. The normalized spacial score (nSPS) is 17.9. The number of pyridine rings is 1. The lowest BCUT2D eigenvalue weighted by Gasteiger charge is -2.31. The van der Waals surface area contributed by atoms with Gasteiger partial charge in [-0.15, -0.1) is 10.2 Å². The molecule has 0 spiro atoms. The predicted octanol–water partition coefficient (Wildman–Crippen LogP) is 2.99. The van der Waals surface area contributed by atoms with Crippen LogP contribution in [-0.4, -0.2) is 48.6 Å². The number of fused-ring (bicyclic) bond motifs is 1. The number of rotatable bonds is 5. The van der Waals surface area contributed by atoms with Gasteiger partial charge in [-0.3, -0.25) is 9.20 Å². The van der Waals surface area contributed by atoms with E-state index in [0.717, 1.165) is 37.1 Å². The third-order valence-corrected chi connectivity index (χ3v) is 5.94. The Morgan fingerprint density at radius 3 is 2.82 bits per heavy atom. The Morgan fingerprint density at radius 2 is 2.04 bits per heavy atom. The van der Waals surface area contributed by atoms with Crippen molar-refractivity contribution in [3.8, 4) is 11.5 Å². The second kappa shape index (κ2) is 7.00. The molecule has 8 heteroatoms. The standard InChI is InChI=1S/C20H24N6O2/c1-25(15-5-3-2-4-6-15)18(27)12-17-23-22-16-11-14(9-10-26(16)17)20-21-19(24-28-20)13-7-8-13/h9-11,13,15H,2-8,12H2,1H3. The highest BCUT2D eigenvalue weighted by Gasteiger charge is 2.29. The van der Waals surface area contributed by atoms with E-state index in [2.05, 4.69) is 20.3 Å². The zero-order chi connectivity index (χ0) is 19.1. The van der Waals surface area contributed by atoms with Crippen LogP contribution >= 0.6 is 0 Å². The first kappa shape index (κ1) is 17.3. The van der Waals surface area contributed by atoms with Gasteiger partial charge in [-0.1, -0.05) is 24.4 Å². The summed E-state index contributed by atoms with van der Waals surface area (Å²) in [6, 6.07) is 4.13. The van der Waals surface area contributed by atoms with E-state index < -0.39 is 0 Å². The Labute approximate surface area is 162 Å². The highest BCUT2D eigenvalue weighted by Crippen LogP contribution is 2.38. The van der Waals surface area contributed by atoms with Crippen molar-refractivity contribution in [3.05, 3.63) is 30.0 Å². The smallest absolute Gasteiger partial charge is 0.258 e. The third-order valence-electron chi connectivity index (χ3n) is 5.94. The molecule has 0 aromatic carbocycles. The summed E-state index contributed by atoms with van der Waals surface area (Å²) in [5.41, 5.74) is 1.49. The molecule has 3 aromatic rings. The number of amides is 1. The molecule has 3 aromatic heterocycles. The van der Waals surface area contributed by atoms with Gasteiger partial charge in [0.1, 0.15) is 5.82 Å². The summed E-state index contributed by atoms with van der Waals surface area (Å²) in [6.07, 6.45) is 10.3. The third kappa shape index (κ3) is 3.27. The minimum Gasteiger partial charge on any atom is -0.342 e. The molecule has 2 fully saturated rings. The Morgan fingerprint density at radius 1 is 1.21 bits per heavy atom. The second-order valence-electron chi connectivity index (χ2n) is 7.97. The highest BCUT2D eigenvalue weighted by molar-refractivity contribution is 5.78. The maximum absolute atomic E-state index is 12.7. The lowest BCUT2D eigenvalue weighted by Crippen LogP contribution is -2.39. The van der Waals surface area contributed by atoms with E-state index in [4.69, 9.17) is 4.52 Å². The van der Waals surface area contributed by atoms with Crippen molar-refractivity contribution in [1.29, 1.82) is 0 Å². The average Bonchev–Trinajstić information content (AvgIpc) is 3.33. The maximum Gasteiger partial charge on any atom is 0.258 e. The first-order valence-corrected chi connectivity index (χ1v) is 10.1. The summed E-state index contributed by atoms with van der Waals surface area (Å²) >= 11 is 0. The van der Waals surface area contributed by atoms with E-state index in [0.29, 0.717) is 29.3 Å². The van der Waals surface area contributed by atoms with Crippen LogP contribution < -0.4 is 0 Å². The summed E-state index contributed by atoms with van der Waals surface area (Å²) in [7, 11) is 1.91. The van der Waals surface area contributed by atoms with Gasteiger partial charge in [0.2, 0.25) is 5.91 Å². The lowest BCUT2D eigenvalue weighted by atomic mass is 9.94. The van der Waals surface area contributed by atoms with Gasteiger partial charge in [-0.05, 0) is 37.8 Å². The molecular formula is C20H24N6O2. The minimum atomic E-state index is 0.0938. The molecule has 8 nitrogen and oxygen atoms in total. The van der Waals surface area contributed by atoms with Gasteiger partial charge in [0.05, 0.1) is 6.42 Å². The Balaban J connectivity index is 1.33. The molecule has 5 rings (SSSR count). The number of nitrogens with zero attached hydrogens (tertiary/aromatic N) is 6. The van der Waals surface area contributed by atoms with Crippen LogP contribution in [0.2, 0.25) is 0 Å². The molecule has 1 amide bonds. The van der Waals surface area contributed by atoms with Crippen molar-refractivity contribution in [2.45, 2.75) is 63.3 Å². The first-order chi connectivity index (χ1) is 13.7. The monoisotopic (exact) mass is 380 g/mol. The van der Waals surface area contributed by atoms with Crippen LogP contribution in [0, 0.1) is 0 Å². The van der Waals surface area contributed by atoms with Crippen LogP contribution in [0.3, 0.4) is 0 Å². The van der Waals surface area contributed by atoms with E-state index in [9.17, 15) is 4.79 Å². The second-order valence-corrected chi connectivity index (χ2v) is 7.97. The van der Waals surface area contributed by atoms with Crippen LogP contribution in [0.4, 0.5) is 0 Å².